The van der Waals surface area contributed by atoms with Gasteiger partial charge in [0.15, 0.2) is 0 Å². The maximum atomic E-state index is 12.1. The summed E-state index contributed by atoms with van der Waals surface area (Å²) in [6, 6.07) is 7.50. The van der Waals surface area contributed by atoms with E-state index in [9.17, 15) is 13.2 Å². The molecule has 0 unspecified atom stereocenters. The van der Waals surface area contributed by atoms with Gasteiger partial charge in [-0.2, -0.15) is 0 Å². The van der Waals surface area contributed by atoms with Crippen molar-refractivity contribution in [2.24, 2.45) is 0 Å². The Hall–Kier alpha value is -1.48. The zero-order valence-corrected chi connectivity index (χ0v) is 15.7. The molecule has 0 bridgehead atoms. The number of hydrogen-bond donors (Lipinski definition) is 1. The van der Waals surface area contributed by atoms with Crippen molar-refractivity contribution in [1.82, 2.24) is 9.21 Å². The van der Waals surface area contributed by atoms with Crippen LogP contribution in [0.3, 0.4) is 0 Å². The molecule has 140 valence electrons. The summed E-state index contributed by atoms with van der Waals surface area (Å²) in [5.41, 5.74) is 1.83. The monoisotopic (exact) mass is 369 g/mol. The number of nitrogens with one attached hydrogen (secondary N) is 1. The summed E-state index contributed by atoms with van der Waals surface area (Å²) in [5.74, 6) is -0.191. The van der Waals surface area contributed by atoms with E-state index >= 15 is 0 Å². The van der Waals surface area contributed by atoms with Crippen LogP contribution in [0.2, 0.25) is 0 Å². The molecule has 0 atom stereocenters. The van der Waals surface area contributed by atoms with Gasteiger partial charge >= 0.3 is 0 Å². The third kappa shape index (κ3) is 7.11. The Labute approximate surface area is 150 Å². The lowest BCUT2D eigenvalue weighted by Crippen LogP contribution is -2.43. The molecule has 1 aliphatic rings. The van der Waals surface area contributed by atoms with Gasteiger partial charge in [-0.05, 0) is 19.1 Å². The molecule has 1 aromatic rings. The molecule has 1 aliphatic heterocycles. The summed E-state index contributed by atoms with van der Waals surface area (Å²) in [7, 11) is -3.34. The van der Waals surface area contributed by atoms with Crippen LogP contribution >= 0.6 is 0 Å². The highest BCUT2D eigenvalue weighted by atomic mass is 32.2. The molecule has 0 saturated carbocycles. The zero-order chi connectivity index (χ0) is 18.3. The quantitative estimate of drug-likeness (QED) is 0.737. The number of aryl methyl sites for hydroxylation is 1. The number of morpholine rings is 1. The van der Waals surface area contributed by atoms with Crippen molar-refractivity contribution in [3.63, 3.8) is 0 Å². The Balaban J connectivity index is 1.82. The molecule has 1 saturated heterocycles. The van der Waals surface area contributed by atoms with Gasteiger partial charge in [-0.25, -0.2) is 12.7 Å². The largest absolute Gasteiger partial charge is 0.379 e. The number of sulfonamides is 1. The van der Waals surface area contributed by atoms with E-state index < -0.39 is 10.0 Å². The molecule has 2 rings (SSSR count). The smallest absolute Gasteiger partial charge is 0.225 e. The van der Waals surface area contributed by atoms with E-state index in [2.05, 4.69) is 10.2 Å². The summed E-state index contributed by atoms with van der Waals surface area (Å²) >= 11 is 0. The van der Waals surface area contributed by atoms with Gasteiger partial charge in [0.25, 0.3) is 0 Å². The maximum Gasteiger partial charge on any atom is 0.225 e. The Bertz CT molecular complexity index is 655. The van der Waals surface area contributed by atoms with Crippen LogP contribution in [0.1, 0.15) is 12.0 Å². The highest BCUT2D eigenvalue weighted by molar-refractivity contribution is 7.88. The molecule has 0 spiro atoms. The lowest BCUT2D eigenvalue weighted by Gasteiger charge is -2.29. The second-order valence-corrected chi connectivity index (χ2v) is 8.26. The predicted molar refractivity (Wildman–Crippen MR) is 98.1 cm³/mol. The van der Waals surface area contributed by atoms with Crippen LogP contribution in [-0.2, 0) is 19.6 Å². The van der Waals surface area contributed by atoms with E-state index in [1.165, 1.54) is 10.6 Å². The van der Waals surface area contributed by atoms with E-state index in [1.807, 2.05) is 31.2 Å². The Morgan fingerprint density at radius 3 is 2.44 bits per heavy atom. The van der Waals surface area contributed by atoms with Crippen molar-refractivity contribution in [2.45, 2.75) is 13.3 Å². The molecule has 1 amide bonds. The van der Waals surface area contributed by atoms with Crippen LogP contribution in [0.25, 0.3) is 0 Å². The number of carbonyl (C=O) groups is 1. The van der Waals surface area contributed by atoms with E-state index in [1.54, 1.807) is 0 Å². The minimum absolute atomic E-state index is 0.129. The fraction of sp³-hybridized carbons (Fsp3) is 0.588. The number of anilines is 1. The summed E-state index contributed by atoms with van der Waals surface area (Å²) in [5, 5.41) is 2.79. The average molecular weight is 369 g/mol. The molecule has 1 aromatic carbocycles. The molecule has 0 radical (unpaired) electrons. The summed E-state index contributed by atoms with van der Waals surface area (Å²) in [6.07, 6.45) is 1.31. The van der Waals surface area contributed by atoms with Crippen molar-refractivity contribution >= 4 is 21.6 Å². The number of benzene rings is 1. The second-order valence-electron chi connectivity index (χ2n) is 6.28. The topological polar surface area (TPSA) is 79.0 Å². The van der Waals surface area contributed by atoms with Crippen molar-refractivity contribution in [3.8, 4) is 0 Å². The number of carbonyl (C=O) groups excluding carboxylic acids is 1. The fourth-order valence-corrected chi connectivity index (χ4v) is 3.44. The van der Waals surface area contributed by atoms with Crippen molar-refractivity contribution < 1.29 is 17.9 Å². The minimum Gasteiger partial charge on any atom is -0.379 e. The van der Waals surface area contributed by atoms with Gasteiger partial charge in [-0.15, -0.1) is 0 Å². The van der Waals surface area contributed by atoms with E-state index in [0.29, 0.717) is 26.3 Å². The fourth-order valence-electron chi connectivity index (χ4n) is 2.61. The van der Waals surface area contributed by atoms with Crippen molar-refractivity contribution in [1.29, 1.82) is 0 Å². The van der Waals surface area contributed by atoms with Gasteiger partial charge in [-0.3, -0.25) is 9.69 Å². The first kappa shape index (κ1) is 19.8. The SMILES string of the molecule is Cc1ccc(NC(=O)CCN(CCN2CCOCC2)S(C)(=O)=O)cc1. The van der Waals surface area contributed by atoms with Gasteiger partial charge in [-0.1, -0.05) is 17.7 Å². The average Bonchev–Trinajstić information content (AvgIpc) is 2.56. The van der Waals surface area contributed by atoms with Crippen LogP contribution in [-0.4, -0.2) is 75.7 Å². The van der Waals surface area contributed by atoms with E-state index in [0.717, 1.165) is 24.3 Å². The minimum atomic E-state index is -3.34. The number of hydrogen-bond acceptors (Lipinski definition) is 5. The maximum absolute atomic E-state index is 12.1. The van der Waals surface area contributed by atoms with Crippen molar-refractivity contribution in [3.05, 3.63) is 29.8 Å². The summed E-state index contributed by atoms with van der Waals surface area (Å²) < 4.78 is 30.6. The highest BCUT2D eigenvalue weighted by Crippen LogP contribution is 2.09. The van der Waals surface area contributed by atoms with Crippen LogP contribution in [0, 0.1) is 6.92 Å². The molecule has 1 heterocycles. The number of ether oxygens (including phenoxy) is 1. The van der Waals surface area contributed by atoms with E-state index in [-0.39, 0.29) is 18.9 Å². The molecule has 0 aliphatic carbocycles. The molecule has 1 fully saturated rings. The Kier molecular flexibility index (Phi) is 7.37. The first-order valence-corrected chi connectivity index (χ1v) is 10.3. The van der Waals surface area contributed by atoms with Crippen LogP contribution < -0.4 is 5.32 Å². The number of amides is 1. The van der Waals surface area contributed by atoms with Gasteiger partial charge < -0.3 is 10.1 Å². The summed E-state index contributed by atoms with van der Waals surface area (Å²) in [6.45, 7) is 6.17. The van der Waals surface area contributed by atoms with Gasteiger partial charge in [0.05, 0.1) is 19.5 Å². The highest BCUT2D eigenvalue weighted by Gasteiger charge is 2.20. The lowest BCUT2D eigenvalue weighted by molar-refractivity contribution is -0.116. The Morgan fingerprint density at radius 1 is 1.20 bits per heavy atom. The van der Waals surface area contributed by atoms with Crippen LogP contribution in [0.5, 0.6) is 0 Å². The molecular weight excluding hydrogens is 342 g/mol. The van der Waals surface area contributed by atoms with Crippen LogP contribution in [0.4, 0.5) is 5.69 Å². The third-order valence-corrected chi connectivity index (χ3v) is 5.47. The number of rotatable bonds is 8. The van der Waals surface area contributed by atoms with Crippen LogP contribution in [0.15, 0.2) is 24.3 Å². The third-order valence-electron chi connectivity index (χ3n) is 4.16. The van der Waals surface area contributed by atoms with Gasteiger partial charge in [0, 0.05) is 44.8 Å². The van der Waals surface area contributed by atoms with Crippen molar-refractivity contribution in [2.75, 3.05) is 57.5 Å². The first-order valence-electron chi connectivity index (χ1n) is 8.46. The van der Waals surface area contributed by atoms with Gasteiger partial charge in [0.2, 0.25) is 15.9 Å². The number of nitrogens with zero attached hydrogens (tertiary/aromatic N) is 2. The Morgan fingerprint density at radius 2 is 1.84 bits per heavy atom. The normalized spacial score (nSPS) is 16.1. The second kappa shape index (κ2) is 9.28. The van der Waals surface area contributed by atoms with E-state index in [4.69, 9.17) is 4.74 Å². The zero-order valence-electron chi connectivity index (χ0n) is 14.9. The molecule has 1 N–H and O–H groups in total. The van der Waals surface area contributed by atoms with Gasteiger partial charge in [0.1, 0.15) is 0 Å². The molecule has 7 nitrogen and oxygen atoms in total. The lowest BCUT2D eigenvalue weighted by atomic mass is 10.2. The summed E-state index contributed by atoms with van der Waals surface area (Å²) in [4.78, 5) is 14.2. The molecule has 25 heavy (non-hydrogen) atoms. The predicted octanol–water partition coefficient (Wildman–Crippen LogP) is 0.917. The molecule has 8 heteroatoms. The molecule has 0 aromatic heterocycles. The molecular formula is C17H27N3O4S. The first-order chi connectivity index (χ1) is 11.8. The standard InChI is InChI=1S/C17H27N3O4S/c1-15-3-5-16(6-4-15)18-17(21)7-8-20(25(2,22)23)10-9-19-11-13-24-14-12-19/h3-6H,7-14H2,1-2H3,(H,18,21).